The second-order valence-corrected chi connectivity index (χ2v) is 8.83. The van der Waals surface area contributed by atoms with Crippen LogP contribution in [0.2, 0.25) is 0 Å². The number of ether oxygens (including phenoxy) is 1. The molecule has 0 aromatic heterocycles. The highest BCUT2D eigenvalue weighted by molar-refractivity contribution is 5.86. The van der Waals surface area contributed by atoms with Gasteiger partial charge >= 0.3 is 6.09 Å². The fourth-order valence-corrected chi connectivity index (χ4v) is 5.43. The molecule has 33 heavy (non-hydrogen) atoms. The second-order valence-electron chi connectivity index (χ2n) is 8.83. The zero-order valence-corrected chi connectivity index (χ0v) is 18.3. The molecule has 3 heteroatoms. The molecule has 1 atom stereocenters. The molecule has 3 nitrogen and oxygen atoms in total. The molecule has 1 amide bonds. The first-order chi connectivity index (χ1) is 16.3. The Morgan fingerprint density at radius 1 is 0.848 bits per heavy atom. The molecule has 0 saturated carbocycles. The zero-order valence-electron chi connectivity index (χ0n) is 18.3. The average molecular weight is 432 g/mol. The first kappa shape index (κ1) is 19.8. The summed E-state index contributed by atoms with van der Waals surface area (Å²) in [5, 5.41) is 3.12. The molecule has 0 saturated heterocycles. The molecule has 3 aromatic rings. The van der Waals surface area contributed by atoms with Crippen LogP contribution in [0.25, 0.3) is 16.8 Å². The quantitative estimate of drug-likeness (QED) is 0.506. The molecule has 0 fully saturated rings. The van der Waals surface area contributed by atoms with E-state index < -0.39 is 6.09 Å². The van der Waals surface area contributed by atoms with Gasteiger partial charge in [-0.2, -0.15) is 0 Å². The lowest BCUT2D eigenvalue weighted by molar-refractivity contribution is 0.147. The summed E-state index contributed by atoms with van der Waals surface area (Å²) in [7, 11) is 0. The van der Waals surface area contributed by atoms with E-state index in [0.717, 1.165) is 29.7 Å². The van der Waals surface area contributed by atoms with E-state index >= 15 is 0 Å². The number of benzene rings is 3. The van der Waals surface area contributed by atoms with Gasteiger partial charge < -0.3 is 4.74 Å². The van der Waals surface area contributed by atoms with E-state index in [1.807, 2.05) is 12.1 Å². The van der Waals surface area contributed by atoms with Crippen LogP contribution in [0.15, 0.2) is 103 Å². The molecule has 0 spiro atoms. The number of carbonyl (C=O) groups is 1. The second kappa shape index (κ2) is 8.25. The maximum Gasteiger partial charge on any atom is 0.411 e. The molecule has 3 aromatic carbocycles. The van der Waals surface area contributed by atoms with E-state index in [1.54, 1.807) is 0 Å². The SMILES string of the molecule is O=C(NC1=C2C=CC=CC2CCc2ccccc21)OCC1c2ccccc2-c2ccccc21. The summed E-state index contributed by atoms with van der Waals surface area (Å²) >= 11 is 0. The Hall–Kier alpha value is -3.85. The molecule has 0 radical (unpaired) electrons. The Balaban J connectivity index is 1.27. The summed E-state index contributed by atoms with van der Waals surface area (Å²) in [6.07, 6.45) is 10.1. The number of aryl methyl sites for hydroxylation is 1. The summed E-state index contributed by atoms with van der Waals surface area (Å²) in [5.74, 6) is 0.346. The molecular formula is C30H25NO2. The van der Waals surface area contributed by atoms with Gasteiger partial charge in [0.25, 0.3) is 0 Å². The van der Waals surface area contributed by atoms with Gasteiger partial charge in [0.05, 0.1) is 5.70 Å². The van der Waals surface area contributed by atoms with Gasteiger partial charge in [-0.05, 0) is 46.2 Å². The number of carbonyl (C=O) groups excluding carboxylic acids is 1. The van der Waals surface area contributed by atoms with Crippen LogP contribution in [0, 0.1) is 5.92 Å². The van der Waals surface area contributed by atoms with E-state index in [0.29, 0.717) is 12.5 Å². The third-order valence-electron chi connectivity index (χ3n) is 7.00. The Morgan fingerprint density at radius 3 is 2.27 bits per heavy atom. The third kappa shape index (κ3) is 3.50. The maximum absolute atomic E-state index is 13.1. The number of amides is 1. The number of hydrogen-bond donors (Lipinski definition) is 1. The monoisotopic (exact) mass is 431 g/mol. The lowest BCUT2D eigenvalue weighted by Crippen LogP contribution is -2.26. The summed E-state index contributed by atoms with van der Waals surface area (Å²) in [6.45, 7) is 0.309. The minimum absolute atomic E-state index is 0.0486. The number of rotatable bonds is 3. The number of hydrogen-bond acceptors (Lipinski definition) is 2. The van der Waals surface area contributed by atoms with E-state index in [4.69, 9.17) is 4.74 Å². The Labute approximate surface area is 194 Å². The normalized spacial score (nSPS) is 18.1. The van der Waals surface area contributed by atoms with E-state index in [1.165, 1.54) is 27.8 Å². The van der Waals surface area contributed by atoms with Crippen LogP contribution in [-0.4, -0.2) is 12.7 Å². The highest BCUT2D eigenvalue weighted by atomic mass is 16.5. The van der Waals surface area contributed by atoms with Crippen LogP contribution in [0.1, 0.15) is 34.6 Å². The van der Waals surface area contributed by atoms with Crippen molar-refractivity contribution >= 4 is 11.8 Å². The molecule has 3 aliphatic rings. The highest BCUT2D eigenvalue weighted by Gasteiger charge is 2.30. The van der Waals surface area contributed by atoms with Crippen molar-refractivity contribution in [2.24, 2.45) is 5.92 Å². The smallest absolute Gasteiger partial charge is 0.411 e. The first-order valence-corrected chi connectivity index (χ1v) is 11.6. The van der Waals surface area contributed by atoms with Crippen molar-refractivity contribution in [3.8, 4) is 11.1 Å². The van der Waals surface area contributed by atoms with Crippen molar-refractivity contribution in [3.63, 3.8) is 0 Å². The highest BCUT2D eigenvalue weighted by Crippen LogP contribution is 2.44. The number of alkyl carbamates (subject to hydrolysis) is 1. The van der Waals surface area contributed by atoms with Crippen LogP contribution in [0.3, 0.4) is 0 Å². The van der Waals surface area contributed by atoms with Crippen LogP contribution < -0.4 is 5.32 Å². The van der Waals surface area contributed by atoms with E-state index in [-0.39, 0.29) is 5.92 Å². The largest absolute Gasteiger partial charge is 0.448 e. The molecule has 3 aliphatic carbocycles. The minimum Gasteiger partial charge on any atom is -0.448 e. The predicted molar refractivity (Wildman–Crippen MR) is 132 cm³/mol. The summed E-state index contributed by atoms with van der Waals surface area (Å²) in [6, 6.07) is 25.1. The lowest BCUT2D eigenvalue weighted by Gasteiger charge is -2.20. The van der Waals surface area contributed by atoms with Crippen molar-refractivity contribution in [2.75, 3.05) is 6.61 Å². The molecule has 0 bridgehead atoms. The molecule has 0 heterocycles. The van der Waals surface area contributed by atoms with Crippen LogP contribution in [0.5, 0.6) is 0 Å². The molecule has 162 valence electrons. The topological polar surface area (TPSA) is 38.3 Å². The molecule has 1 N–H and O–H groups in total. The minimum atomic E-state index is -0.405. The van der Waals surface area contributed by atoms with E-state index in [9.17, 15) is 4.79 Å². The number of fused-ring (bicyclic) bond motifs is 5. The van der Waals surface area contributed by atoms with E-state index in [2.05, 4.69) is 90.3 Å². The van der Waals surface area contributed by atoms with Gasteiger partial charge in [0.2, 0.25) is 0 Å². The Kier molecular flexibility index (Phi) is 4.95. The van der Waals surface area contributed by atoms with Crippen molar-refractivity contribution in [1.29, 1.82) is 0 Å². The van der Waals surface area contributed by atoms with Crippen molar-refractivity contribution < 1.29 is 9.53 Å². The van der Waals surface area contributed by atoms with Gasteiger partial charge in [-0.3, -0.25) is 5.32 Å². The van der Waals surface area contributed by atoms with Gasteiger partial charge in [0.15, 0.2) is 0 Å². The maximum atomic E-state index is 13.1. The fourth-order valence-electron chi connectivity index (χ4n) is 5.43. The summed E-state index contributed by atoms with van der Waals surface area (Å²) < 4.78 is 5.85. The van der Waals surface area contributed by atoms with Gasteiger partial charge in [-0.15, -0.1) is 0 Å². The van der Waals surface area contributed by atoms with Crippen LogP contribution in [-0.2, 0) is 11.2 Å². The van der Waals surface area contributed by atoms with Crippen molar-refractivity contribution in [3.05, 3.63) is 125 Å². The third-order valence-corrected chi connectivity index (χ3v) is 7.00. The molecular weight excluding hydrogens is 406 g/mol. The average Bonchev–Trinajstić information content (AvgIpc) is 3.10. The summed E-state index contributed by atoms with van der Waals surface area (Å²) in [4.78, 5) is 13.1. The number of allylic oxidation sites excluding steroid dienone is 5. The lowest BCUT2D eigenvalue weighted by atomic mass is 9.90. The van der Waals surface area contributed by atoms with Crippen molar-refractivity contribution in [2.45, 2.75) is 18.8 Å². The number of nitrogens with one attached hydrogen (secondary N) is 1. The first-order valence-electron chi connectivity index (χ1n) is 11.6. The fraction of sp³-hybridized carbons (Fsp3) is 0.167. The molecule has 1 unspecified atom stereocenters. The van der Waals surface area contributed by atoms with Crippen LogP contribution >= 0.6 is 0 Å². The van der Waals surface area contributed by atoms with Gasteiger partial charge in [0, 0.05) is 17.4 Å². The van der Waals surface area contributed by atoms with Gasteiger partial charge in [-0.25, -0.2) is 4.79 Å². The predicted octanol–water partition coefficient (Wildman–Crippen LogP) is 6.62. The Bertz CT molecular complexity index is 1280. The zero-order chi connectivity index (χ0) is 22.2. The van der Waals surface area contributed by atoms with Gasteiger partial charge in [0.1, 0.15) is 6.61 Å². The molecule has 0 aliphatic heterocycles. The standard InChI is InChI=1S/C30H25NO2/c32-30(33-19-28-26-15-7-5-13-24(26)25-14-6-8-16-27(25)28)31-29-22-11-3-1-9-20(22)17-18-21-10-2-4-12-23(21)29/h1-16,20,28H,17-19H2,(H,31,32). The van der Waals surface area contributed by atoms with Gasteiger partial charge in [-0.1, -0.05) is 97.1 Å². The van der Waals surface area contributed by atoms with Crippen molar-refractivity contribution in [1.82, 2.24) is 5.32 Å². The summed E-state index contributed by atoms with van der Waals surface area (Å²) in [5.41, 5.74) is 9.25. The van der Waals surface area contributed by atoms with Crippen LogP contribution in [0.4, 0.5) is 4.79 Å². The Morgan fingerprint density at radius 2 is 1.52 bits per heavy atom. The molecule has 6 rings (SSSR count).